The molecular weight excluding hydrogens is 419 g/mol. The van der Waals surface area contributed by atoms with Crippen molar-refractivity contribution >= 4 is 34.6 Å². The molecule has 2 heterocycles. The molecule has 2 rings (SSSR count). The summed E-state index contributed by atoms with van der Waals surface area (Å²) in [5.74, 6) is 0. The molecule has 31 heavy (non-hydrogen) atoms. The van der Waals surface area contributed by atoms with Gasteiger partial charge in [-0.15, -0.1) is 22.7 Å². The van der Waals surface area contributed by atoms with Gasteiger partial charge in [0, 0.05) is 28.8 Å². The minimum atomic E-state index is -0.201. The fourth-order valence-electron chi connectivity index (χ4n) is 3.60. The van der Waals surface area contributed by atoms with Crippen LogP contribution in [0.25, 0.3) is 0 Å². The van der Waals surface area contributed by atoms with E-state index in [0.29, 0.717) is 0 Å². The molecule has 0 amide bonds. The smallest absolute Gasteiger partial charge is 0.410 e. The van der Waals surface area contributed by atoms with Crippen molar-refractivity contribution in [1.82, 2.24) is 0 Å². The van der Waals surface area contributed by atoms with E-state index in [1.165, 1.54) is 99.5 Å². The SMILES string of the molecule is CCCCCCCCc1ccc(B(OC)OC)s1.CCCCCCCCc1cccs1. The predicted octanol–water partition coefficient (Wildman–Crippen LogP) is 8.29. The Kier molecular flexibility index (Phi) is 18.4. The van der Waals surface area contributed by atoms with Gasteiger partial charge in [0.05, 0.1) is 0 Å². The van der Waals surface area contributed by atoms with Crippen molar-refractivity contribution < 1.29 is 9.31 Å². The van der Waals surface area contributed by atoms with Crippen LogP contribution in [0.15, 0.2) is 29.6 Å². The second kappa shape index (κ2) is 20.0. The van der Waals surface area contributed by atoms with Crippen LogP contribution >= 0.6 is 22.7 Å². The molecule has 0 atom stereocenters. The Morgan fingerprint density at radius 2 is 1.23 bits per heavy atom. The van der Waals surface area contributed by atoms with E-state index in [4.69, 9.17) is 9.31 Å². The van der Waals surface area contributed by atoms with Crippen molar-refractivity contribution in [2.75, 3.05) is 14.2 Å². The van der Waals surface area contributed by atoms with E-state index in [1.807, 2.05) is 22.7 Å². The average molecular weight is 465 g/mol. The van der Waals surface area contributed by atoms with Gasteiger partial charge < -0.3 is 9.31 Å². The fourth-order valence-corrected chi connectivity index (χ4v) is 5.46. The van der Waals surface area contributed by atoms with Gasteiger partial charge in [0.15, 0.2) is 0 Å². The van der Waals surface area contributed by atoms with Crippen LogP contribution in [0.1, 0.15) is 101 Å². The lowest BCUT2D eigenvalue weighted by Crippen LogP contribution is -2.32. The summed E-state index contributed by atoms with van der Waals surface area (Å²) in [6.07, 6.45) is 19.0. The number of hydrogen-bond acceptors (Lipinski definition) is 4. The monoisotopic (exact) mass is 464 g/mol. The highest BCUT2D eigenvalue weighted by molar-refractivity contribution is 7.22. The van der Waals surface area contributed by atoms with Gasteiger partial charge >= 0.3 is 7.12 Å². The Labute approximate surface area is 200 Å². The molecule has 2 aromatic heterocycles. The lowest BCUT2D eigenvalue weighted by Gasteiger charge is -2.04. The Hall–Kier alpha value is -0.615. The minimum absolute atomic E-state index is 0.201. The average Bonchev–Trinajstić information content (AvgIpc) is 3.47. The van der Waals surface area contributed by atoms with E-state index >= 15 is 0 Å². The van der Waals surface area contributed by atoms with Gasteiger partial charge in [0.25, 0.3) is 0 Å². The summed E-state index contributed by atoms with van der Waals surface area (Å²) < 4.78 is 11.7. The first kappa shape index (κ1) is 28.4. The zero-order chi connectivity index (χ0) is 22.6. The van der Waals surface area contributed by atoms with Gasteiger partial charge in [-0.05, 0) is 43.2 Å². The predicted molar refractivity (Wildman–Crippen MR) is 142 cm³/mol. The molecule has 2 aromatic rings. The molecule has 176 valence electrons. The molecule has 0 saturated heterocycles. The van der Waals surface area contributed by atoms with Crippen molar-refractivity contribution in [2.24, 2.45) is 0 Å². The molecular formula is C26H45BO2S2. The Morgan fingerprint density at radius 1 is 0.677 bits per heavy atom. The normalized spacial score (nSPS) is 10.7. The quantitative estimate of drug-likeness (QED) is 0.173. The van der Waals surface area contributed by atoms with Gasteiger partial charge in [-0.2, -0.15) is 0 Å². The number of aryl methyl sites for hydroxylation is 2. The van der Waals surface area contributed by atoms with Crippen LogP contribution in [0, 0.1) is 0 Å². The topological polar surface area (TPSA) is 18.5 Å². The van der Waals surface area contributed by atoms with Crippen molar-refractivity contribution in [1.29, 1.82) is 0 Å². The molecule has 0 saturated carbocycles. The van der Waals surface area contributed by atoms with Crippen LogP contribution in [0.5, 0.6) is 0 Å². The lowest BCUT2D eigenvalue weighted by atomic mass is 9.88. The summed E-state index contributed by atoms with van der Waals surface area (Å²) in [7, 11) is 3.16. The number of rotatable bonds is 17. The molecule has 2 nitrogen and oxygen atoms in total. The first-order valence-electron chi connectivity index (χ1n) is 12.4. The largest absolute Gasteiger partial charge is 0.504 e. The number of unbranched alkanes of at least 4 members (excludes halogenated alkanes) is 10. The third-order valence-electron chi connectivity index (χ3n) is 5.48. The first-order chi connectivity index (χ1) is 15.2. The van der Waals surface area contributed by atoms with Crippen LogP contribution in [-0.2, 0) is 22.2 Å². The van der Waals surface area contributed by atoms with Crippen molar-refractivity contribution in [3.63, 3.8) is 0 Å². The third-order valence-corrected chi connectivity index (χ3v) is 7.58. The van der Waals surface area contributed by atoms with Crippen molar-refractivity contribution in [3.05, 3.63) is 39.4 Å². The highest BCUT2D eigenvalue weighted by Crippen LogP contribution is 2.15. The first-order valence-corrected chi connectivity index (χ1v) is 14.1. The second-order valence-corrected chi connectivity index (χ2v) is 10.5. The maximum absolute atomic E-state index is 5.26. The zero-order valence-corrected chi connectivity index (χ0v) is 22.1. The Bertz CT molecular complexity index is 609. The zero-order valence-electron chi connectivity index (χ0n) is 20.5. The van der Waals surface area contributed by atoms with Gasteiger partial charge in [-0.1, -0.05) is 90.2 Å². The molecule has 0 aliphatic carbocycles. The fraction of sp³-hybridized carbons (Fsp3) is 0.692. The number of thiophene rings is 2. The van der Waals surface area contributed by atoms with Gasteiger partial charge in [0.1, 0.15) is 0 Å². The summed E-state index contributed by atoms with van der Waals surface area (Å²) in [6.45, 7) is 4.53. The minimum Gasteiger partial charge on any atom is -0.410 e. The standard InChI is InChI=1S/C14H25BO2S.C12H20S/c1-4-5-6-7-8-9-10-13-11-12-14(18-13)15(16-2)17-3;1-2-3-4-5-6-7-9-12-10-8-11-13-12/h11-12H,4-10H2,1-3H3;8,10-11H,2-7,9H2,1H3. The molecule has 0 bridgehead atoms. The molecule has 0 aromatic carbocycles. The highest BCUT2D eigenvalue weighted by Gasteiger charge is 2.19. The summed E-state index contributed by atoms with van der Waals surface area (Å²) in [6, 6.07) is 8.72. The van der Waals surface area contributed by atoms with Gasteiger partial charge in [0.2, 0.25) is 0 Å². The summed E-state index contributed by atoms with van der Waals surface area (Å²) >= 11 is 3.70. The van der Waals surface area contributed by atoms with Crippen molar-refractivity contribution in [3.8, 4) is 0 Å². The van der Waals surface area contributed by atoms with E-state index in [-0.39, 0.29) is 7.12 Å². The van der Waals surface area contributed by atoms with Crippen LogP contribution in [-0.4, -0.2) is 21.3 Å². The van der Waals surface area contributed by atoms with Crippen LogP contribution < -0.4 is 4.78 Å². The third kappa shape index (κ3) is 14.2. The molecule has 0 radical (unpaired) electrons. The maximum Gasteiger partial charge on any atom is 0.504 e. The van der Waals surface area contributed by atoms with Crippen LogP contribution in [0.2, 0.25) is 0 Å². The van der Waals surface area contributed by atoms with Gasteiger partial charge in [-0.25, -0.2) is 0 Å². The molecule has 0 fully saturated rings. The molecule has 0 unspecified atom stereocenters. The van der Waals surface area contributed by atoms with E-state index in [1.54, 1.807) is 19.1 Å². The van der Waals surface area contributed by atoms with Gasteiger partial charge in [-0.3, -0.25) is 0 Å². The molecule has 0 spiro atoms. The number of hydrogen-bond donors (Lipinski definition) is 0. The van der Waals surface area contributed by atoms with E-state index in [0.717, 1.165) is 0 Å². The summed E-state index contributed by atoms with van der Waals surface area (Å²) in [5.41, 5.74) is 0. The summed E-state index contributed by atoms with van der Waals surface area (Å²) in [5, 5.41) is 2.17. The molecule has 0 N–H and O–H groups in total. The van der Waals surface area contributed by atoms with Crippen LogP contribution in [0.4, 0.5) is 0 Å². The lowest BCUT2D eigenvalue weighted by molar-refractivity contribution is 0.292. The van der Waals surface area contributed by atoms with E-state index < -0.39 is 0 Å². The molecule has 0 aliphatic heterocycles. The van der Waals surface area contributed by atoms with Crippen LogP contribution in [0.3, 0.4) is 0 Å². The Morgan fingerprint density at radius 3 is 1.74 bits per heavy atom. The maximum atomic E-state index is 5.26. The Balaban J connectivity index is 0.000000327. The molecule has 5 heteroatoms. The summed E-state index contributed by atoms with van der Waals surface area (Å²) in [4.78, 5) is 3.00. The second-order valence-electron chi connectivity index (χ2n) is 8.22. The van der Waals surface area contributed by atoms with Crippen molar-refractivity contribution in [2.45, 2.75) is 104 Å². The molecule has 0 aliphatic rings. The van der Waals surface area contributed by atoms with E-state index in [2.05, 4.69) is 43.5 Å². The van der Waals surface area contributed by atoms with E-state index in [9.17, 15) is 0 Å². The highest BCUT2D eigenvalue weighted by atomic mass is 32.1.